The van der Waals surface area contributed by atoms with Gasteiger partial charge in [0.2, 0.25) is 5.82 Å². The minimum Gasteiger partial charge on any atom is -0.329 e. The van der Waals surface area contributed by atoms with E-state index in [1.165, 1.54) is 23.4 Å². The van der Waals surface area contributed by atoms with E-state index in [4.69, 9.17) is 11.6 Å². The van der Waals surface area contributed by atoms with Crippen molar-refractivity contribution in [3.63, 3.8) is 0 Å². The third-order valence-electron chi connectivity index (χ3n) is 4.98. The molecule has 0 unspecified atom stereocenters. The molecule has 0 atom stereocenters. The Hall–Kier alpha value is -4.44. The summed E-state index contributed by atoms with van der Waals surface area (Å²) in [5, 5.41) is 12.3. The molecule has 0 aliphatic rings. The molecule has 5 rings (SSSR count). The Morgan fingerprint density at radius 3 is 2.64 bits per heavy atom. The van der Waals surface area contributed by atoms with Crippen LogP contribution in [0.25, 0.3) is 27.7 Å². The van der Waals surface area contributed by atoms with Gasteiger partial charge in [0.15, 0.2) is 5.82 Å². The minimum absolute atomic E-state index is 0.0109. The number of anilines is 1. The molecule has 4 aromatic heterocycles. The van der Waals surface area contributed by atoms with Gasteiger partial charge in [-0.1, -0.05) is 23.7 Å². The molecule has 33 heavy (non-hydrogen) atoms. The Kier molecular flexibility index (Phi) is 5.11. The monoisotopic (exact) mass is 458 g/mol. The zero-order valence-electron chi connectivity index (χ0n) is 17.2. The number of hydrogen-bond acceptors (Lipinski definition) is 7. The molecule has 2 N–H and O–H groups in total. The predicted octanol–water partition coefficient (Wildman–Crippen LogP) is 3.17. The van der Waals surface area contributed by atoms with Gasteiger partial charge in [-0.25, -0.2) is 15.0 Å². The molecule has 0 saturated carbocycles. The second-order valence-electron chi connectivity index (χ2n) is 7.07. The van der Waals surface area contributed by atoms with Gasteiger partial charge in [-0.15, -0.1) is 4.80 Å². The molecule has 0 saturated heterocycles. The van der Waals surface area contributed by atoms with Crippen LogP contribution in [0.2, 0.25) is 5.02 Å². The summed E-state index contributed by atoms with van der Waals surface area (Å²) in [6, 6.07) is 8.80. The van der Waals surface area contributed by atoms with E-state index in [-0.39, 0.29) is 16.4 Å². The van der Waals surface area contributed by atoms with Crippen LogP contribution in [0.4, 0.5) is 5.69 Å². The summed E-state index contributed by atoms with van der Waals surface area (Å²) >= 11 is 6.25. The number of carbonyl (C=O) groups excluding carboxylic acids is 1. The highest BCUT2D eigenvalue weighted by Gasteiger charge is 2.16. The van der Waals surface area contributed by atoms with Crippen molar-refractivity contribution in [2.24, 2.45) is 0 Å². The number of halogens is 1. The molecule has 1 amide bonds. The molecule has 5 aromatic rings. The number of nitrogens with one attached hydrogen (secondary N) is 2. The molecule has 0 aliphatic heterocycles. The lowest BCUT2D eigenvalue weighted by Gasteiger charge is -2.10. The second kappa shape index (κ2) is 8.24. The SMILES string of the molecule is Cc1nc(C(=O)Nc2cnc(-n3nccn3)c(Cl)c2)ncc1-c1cccc2c(=O)[nH]ccc12. The van der Waals surface area contributed by atoms with Crippen LogP contribution in [0.5, 0.6) is 0 Å². The molecule has 1 aromatic carbocycles. The van der Waals surface area contributed by atoms with Crippen LogP contribution in [0.15, 0.2) is 66.1 Å². The largest absolute Gasteiger partial charge is 0.329 e. The molecular weight excluding hydrogens is 444 g/mol. The maximum atomic E-state index is 12.7. The van der Waals surface area contributed by atoms with Gasteiger partial charge >= 0.3 is 0 Å². The molecule has 0 radical (unpaired) electrons. The van der Waals surface area contributed by atoms with Crippen molar-refractivity contribution >= 4 is 34.0 Å². The van der Waals surface area contributed by atoms with Crippen LogP contribution in [0.3, 0.4) is 0 Å². The van der Waals surface area contributed by atoms with Gasteiger partial charge < -0.3 is 10.3 Å². The van der Waals surface area contributed by atoms with Crippen LogP contribution in [-0.2, 0) is 0 Å². The van der Waals surface area contributed by atoms with E-state index < -0.39 is 5.91 Å². The van der Waals surface area contributed by atoms with Crippen molar-refractivity contribution < 1.29 is 4.79 Å². The van der Waals surface area contributed by atoms with E-state index in [1.54, 1.807) is 37.5 Å². The van der Waals surface area contributed by atoms with E-state index in [2.05, 4.69) is 35.5 Å². The zero-order chi connectivity index (χ0) is 22.9. The summed E-state index contributed by atoms with van der Waals surface area (Å²) in [5.74, 6) is -0.185. The number of carbonyl (C=O) groups is 1. The Morgan fingerprint density at radius 2 is 1.88 bits per heavy atom. The van der Waals surface area contributed by atoms with Gasteiger partial charge in [0.25, 0.3) is 11.5 Å². The van der Waals surface area contributed by atoms with Crippen molar-refractivity contribution in [1.29, 1.82) is 0 Å². The molecule has 162 valence electrons. The fourth-order valence-corrected chi connectivity index (χ4v) is 3.70. The third kappa shape index (κ3) is 3.83. The summed E-state index contributed by atoms with van der Waals surface area (Å²) < 4.78 is 0. The van der Waals surface area contributed by atoms with Crippen LogP contribution in [0, 0.1) is 6.92 Å². The quantitative estimate of drug-likeness (QED) is 0.422. The van der Waals surface area contributed by atoms with Crippen LogP contribution in [0.1, 0.15) is 16.3 Å². The highest BCUT2D eigenvalue weighted by molar-refractivity contribution is 6.32. The number of nitrogens with zero attached hydrogens (tertiary/aromatic N) is 6. The first-order chi connectivity index (χ1) is 16.0. The molecule has 10 nitrogen and oxygen atoms in total. The normalized spacial score (nSPS) is 11.0. The first-order valence-electron chi connectivity index (χ1n) is 9.79. The summed E-state index contributed by atoms with van der Waals surface area (Å²) in [4.78, 5) is 41.6. The fraction of sp³-hybridized carbons (Fsp3) is 0.0455. The number of benzene rings is 1. The minimum atomic E-state index is -0.512. The van der Waals surface area contributed by atoms with Gasteiger partial charge in [-0.3, -0.25) is 9.59 Å². The van der Waals surface area contributed by atoms with E-state index in [9.17, 15) is 9.59 Å². The maximum absolute atomic E-state index is 12.7. The van der Waals surface area contributed by atoms with E-state index >= 15 is 0 Å². The average Bonchev–Trinajstić information content (AvgIpc) is 3.34. The summed E-state index contributed by atoms with van der Waals surface area (Å²) in [7, 11) is 0. The number of aromatic amines is 1. The molecular formula is C22H15ClN8O2. The zero-order valence-corrected chi connectivity index (χ0v) is 17.9. The van der Waals surface area contributed by atoms with E-state index in [0.717, 1.165) is 16.5 Å². The van der Waals surface area contributed by atoms with E-state index in [0.29, 0.717) is 22.6 Å². The number of fused-ring (bicyclic) bond motifs is 1. The van der Waals surface area contributed by atoms with Crippen LogP contribution < -0.4 is 10.9 Å². The van der Waals surface area contributed by atoms with Gasteiger partial charge in [-0.05, 0) is 36.1 Å². The molecule has 4 heterocycles. The smallest absolute Gasteiger partial charge is 0.293 e. The standard InChI is InChI=1S/C22H15ClN8O2/c1-12-17(14-3-2-4-16-15(14)5-6-24-21(16)32)11-25-19(29-12)22(33)30-13-9-18(23)20(26-10-13)31-27-7-8-28-31/h2-11H,1H3,(H,24,32)(H,30,33). The second-order valence-corrected chi connectivity index (χ2v) is 7.48. The highest BCUT2D eigenvalue weighted by Crippen LogP contribution is 2.28. The predicted molar refractivity (Wildman–Crippen MR) is 122 cm³/mol. The van der Waals surface area contributed by atoms with Gasteiger partial charge in [0, 0.05) is 29.0 Å². The summed E-state index contributed by atoms with van der Waals surface area (Å²) in [6.45, 7) is 1.78. The Morgan fingerprint density at radius 1 is 1.06 bits per heavy atom. The van der Waals surface area contributed by atoms with Crippen LogP contribution in [-0.4, -0.2) is 40.8 Å². The first kappa shape index (κ1) is 20.5. The summed E-state index contributed by atoms with van der Waals surface area (Å²) in [6.07, 6.45) is 7.63. The lowest BCUT2D eigenvalue weighted by Crippen LogP contribution is -2.17. The van der Waals surface area contributed by atoms with Crippen molar-refractivity contribution in [3.05, 3.63) is 88.2 Å². The molecule has 0 aliphatic carbocycles. The van der Waals surface area contributed by atoms with E-state index in [1.807, 2.05) is 12.1 Å². The number of amides is 1. The number of aryl methyl sites for hydroxylation is 1. The first-order valence-corrected chi connectivity index (χ1v) is 10.2. The maximum Gasteiger partial charge on any atom is 0.293 e. The van der Waals surface area contributed by atoms with Gasteiger partial charge in [0.05, 0.1) is 29.3 Å². The number of pyridine rings is 2. The third-order valence-corrected chi connectivity index (χ3v) is 5.25. The Bertz CT molecular complexity index is 1560. The van der Waals surface area contributed by atoms with Crippen molar-refractivity contribution in [1.82, 2.24) is 34.9 Å². The highest BCUT2D eigenvalue weighted by atomic mass is 35.5. The lowest BCUT2D eigenvalue weighted by molar-refractivity contribution is 0.101. The number of rotatable bonds is 4. The molecule has 11 heteroatoms. The van der Waals surface area contributed by atoms with Crippen LogP contribution >= 0.6 is 11.6 Å². The lowest BCUT2D eigenvalue weighted by atomic mass is 9.99. The average molecular weight is 459 g/mol. The number of aromatic nitrogens is 7. The summed E-state index contributed by atoms with van der Waals surface area (Å²) in [5.41, 5.74) is 2.33. The molecule has 0 bridgehead atoms. The van der Waals surface area contributed by atoms with Crippen molar-refractivity contribution in [2.75, 3.05) is 5.32 Å². The molecule has 0 spiro atoms. The molecule has 0 fully saturated rings. The Labute approximate surface area is 191 Å². The number of hydrogen-bond donors (Lipinski definition) is 2. The fourth-order valence-electron chi connectivity index (χ4n) is 3.46. The van der Waals surface area contributed by atoms with Gasteiger partial charge in [-0.2, -0.15) is 10.2 Å². The van der Waals surface area contributed by atoms with Crippen molar-refractivity contribution in [2.45, 2.75) is 6.92 Å². The Balaban J connectivity index is 1.42. The topological polar surface area (TPSA) is 131 Å². The van der Waals surface area contributed by atoms with Crippen molar-refractivity contribution in [3.8, 4) is 16.9 Å². The van der Waals surface area contributed by atoms with Gasteiger partial charge in [0.1, 0.15) is 0 Å². The number of H-pyrrole nitrogens is 1.